The fourth-order valence-corrected chi connectivity index (χ4v) is 2.26. The van der Waals surface area contributed by atoms with E-state index in [9.17, 15) is 0 Å². The fraction of sp³-hybridized carbons (Fsp3) is 0.538. The summed E-state index contributed by atoms with van der Waals surface area (Å²) in [7, 11) is 0. The number of rotatable bonds is 4. The third kappa shape index (κ3) is 2.58. The van der Waals surface area contributed by atoms with E-state index < -0.39 is 0 Å². The van der Waals surface area contributed by atoms with Crippen LogP contribution in [0, 0.1) is 0 Å². The van der Waals surface area contributed by atoms with Crippen LogP contribution in [-0.4, -0.2) is 36.6 Å². The monoisotopic (exact) mass is 204 g/mol. The van der Waals surface area contributed by atoms with E-state index in [1.165, 1.54) is 25.0 Å². The highest BCUT2D eigenvalue weighted by molar-refractivity contribution is 5.23. The van der Waals surface area contributed by atoms with Gasteiger partial charge in [-0.3, -0.25) is 4.90 Å². The Balaban J connectivity index is 1.90. The highest BCUT2D eigenvalue weighted by Gasteiger charge is 2.45. The maximum absolute atomic E-state index is 3.84. The van der Waals surface area contributed by atoms with E-state index in [2.05, 4.69) is 29.5 Å². The average Bonchev–Trinajstić information content (AvgIpc) is 2.97. The molecular weight excluding hydrogens is 184 g/mol. The van der Waals surface area contributed by atoms with Crippen molar-refractivity contribution in [2.75, 3.05) is 26.2 Å². The van der Waals surface area contributed by atoms with Gasteiger partial charge in [0, 0.05) is 31.7 Å². The Labute approximate surface area is 92.3 Å². The van der Waals surface area contributed by atoms with Crippen molar-refractivity contribution in [2.45, 2.75) is 18.4 Å². The molecule has 2 aliphatic rings. The second kappa shape index (κ2) is 4.33. The Morgan fingerprint density at radius 2 is 2.20 bits per heavy atom. The molecule has 1 saturated carbocycles. The van der Waals surface area contributed by atoms with Crippen LogP contribution in [0.4, 0.5) is 0 Å². The summed E-state index contributed by atoms with van der Waals surface area (Å²) in [5.74, 6) is 0. The molecule has 1 aliphatic heterocycles. The predicted octanol–water partition coefficient (Wildman–Crippen LogP) is 1.72. The standard InChI is InChI=1S/C13H20N2/c1-3-5-12(4-2)10-15-9-8-14-13(11-15)6-7-13/h3-5,14H,1-2,6-11H2/b12-5+. The first-order valence-electron chi connectivity index (χ1n) is 5.69. The SMILES string of the molecule is C=C/C=C(\C=C)CN1CCNC2(CC2)C1. The number of piperazine rings is 1. The number of nitrogens with zero attached hydrogens (tertiary/aromatic N) is 1. The summed E-state index contributed by atoms with van der Waals surface area (Å²) in [4.78, 5) is 2.51. The van der Waals surface area contributed by atoms with Gasteiger partial charge in [0.25, 0.3) is 0 Å². The first-order chi connectivity index (χ1) is 7.28. The van der Waals surface area contributed by atoms with Gasteiger partial charge in [-0.25, -0.2) is 0 Å². The minimum Gasteiger partial charge on any atom is -0.309 e. The molecule has 2 nitrogen and oxygen atoms in total. The minimum absolute atomic E-state index is 0.471. The Kier molecular flexibility index (Phi) is 3.08. The van der Waals surface area contributed by atoms with Gasteiger partial charge in [0.2, 0.25) is 0 Å². The third-order valence-electron chi connectivity index (χ3n) is 3.31. The van der Waals surface area contributed by atoms with Crippen molar-refractivity contribution in [3.63, 3.8) is 0 Å². The molecule has 1 saturated heterocycles. The van der Waals surface area contributed by atoms with E-state index in [4.69, 9.17) is 0 Å². The first kappa shape index (κ1) is 10.7. The van der Waals surface area contributed by atoms with Gasteiger partial charge in [-0.1, -0.05) is 31.4 Å². The van der Waals surface area contributed by atoms with E-state index in [0.717, 1.165) is 19.6 Å². The Bertz CT molecular complexity index is 287. The van der Waals surface area contributed by atoms with Crippen LogP contribution >= 0.6 is 0 Å². The van der Waals surface area contributed by atoms with Crippen LogP contribution in [0.3, 0.4) is 0 Å². The molecule has 0 radical (unpaired) electrons. The van der Waals surface area contributed by atoms with Crippen LogP contribution in [0.15, 0.2) is 37.0 Å². The summed E-state index contributed by atoms with van der Waals surface area (Å²) in [5.41, 5.74) is 1.74. The Morgan fingerprint density at radius 3 is 2.80 bits per heavy atom. The topological polar surface area (TPSA) is 15.3 Å². The maximum Gasteiger partial charge on any atom is 0.0310 e. The molecule has 0 amide bonds. The zero-order valence-corrected chi connectivity index (χ0v) is 9.34. The van der Waals surface area contributed by atoms with Crippen molar-refractivity contribution in [3.05, 3.63) is 37.0 Å². The predicted molar refractivity (Wildman–Crippen MR) is 64.9 cm³/mol. The Morgan fingerprint density at radius 1 is 1.40 bits per heavy atom. The molecule has 0 atom stereocenters. The molecule has 0 aromatic heterocycles. The summed E-state index contributed by atoms with van der Waals surface area (Å²) >= 11 is 0. The van der Waals surface area contributed by atoms with Gasteiger partial charge < -0.3 is 5.32 Å². The summed E-state index contributed by atoms with van der Waals surface area (Å²) in [6.45, 7) is 12.0. The average molecular weight is 204 g/mol. The zero-order valence-electron chi connectivity index (χ0n) is 9.34. The van der Waals surface area contributed by atoms with Crippen LogP contribution in [0.1, 0.15) is 12.8 Å². The van der Waals surface area contributed by atoms with Crippen molar-refractivity contribution < 1.29 is 0 Å². The van der Waals surface area contributed by atoms with Gasteiger partial charge in [0.1, 0.15) is 0 Å². The van der Waals surface area contributed by atoms with Gasteiger partial charge in [-0.2, -0.15) is 0 Å². The van der Waals surface area contributed by atoms with Crippen molar-refractivity contribution in [1.29, 1.82) is 0 Å². The van der Waals surface area contributed by atoms with Crippen LogP contribution in [0.2, 0.25) is 0 Å². The Hall–Kier alpha value is -0.860. The molecule has 1 N–H and O–H groups in total. The van der Waals surface area contributed by atoms with Crippen LogP contribution in [0.25, 0.3) is 0 Å². The minimum atomic E-state index is 0.471. The van der Waals surface area contributed by atoms with E-state index >= 15 is 0 Å². The molecule has 1 spiro atoms. The van der Waals surface area contributed by atoms with Gasteiger partial charge in [0.15, 0.2) is 0 Å². The van der Waals surface area contributed by atoms with Crippen LogP contribution < -0.4 is 5.32 Å². The fourth-order valence-electron chi connectivity index (χ4n) is 2.26. The van der Waals surface area contributed by atoms with Crippen molar-refractivity contribution in [1.82, 2.24) is 10.2 Å². The van der Waals surface area contributed by atoms with E-state index in [0.29, 0.717) is 5.54 Å². The molecule has 2 rings (SSSR count). The summed E-state index contributed by atoms with van der Waals surface area (Å²) < 4.78 is 0. The van der Waals surface area contributed by atoms with Crippen molar-refractivity contribution in [2.24, 2.45) is 0 Å². The molecule has 82 valence electrons. The van der Waals surface area contributed by atoms with Gasteiger partial charge >= 0.3 is 0 Å². The van der Waals surface area contributed by atoms with Crippen LogP contribution in [0.5, 0.6) is 0 Å². The smallest absolute Gasteiger partial charge is 0.0310 e. The van der Waals surface area contributed by atoms with Gasteiger partial charge in [0.05, 0.1) is 0 Å². The summed E-state index contributed by atoms with van der Waals surface area (Å²) in [6.07, 6.45) is 8.51. The summed E-state index contributed by atoms with van der Waals surface area (Å²) in [5, 5.41) is 3.62. The van der Waals surface area contributed by atoms with Crippen molar-refractivity contribution in [3.8, 4) is 0 Å². The largest absolute Gasteiger partial charge is 0.309 e. The molecule has 1 aliphatic carbocycles. The molecule has 0 unspecified atom stereocenters. The normalized spacial score (nSPS) is 25.2. The highest BCUT2D eigenvalue weighted by atomic mass is 15.2. The molecule has 1 heterocycles. The second-order valence-corrected chi connectivity index (χ2v) is 4.60. The lowest BCUT2D eigenvalue weighted by Crippen LogP contribution is -2.52. The van der Waals surface area contributed by atoms with E-state index in [-0.39, 0.29) is 0 Å². The number of hydrogen-bond donors (Lipinski definition) is 1. The molecule has 0 aromatic carbocycles. The number of hydrogen-bond acceptors (Lipinski definition) is 2. The number of allylic oxidation sites excluding steroid dienone is 2. The van der Waals surface area contributed by atoms with Crippen LogP contribution in [-0.2, 0) is 0 Å². The van der Waals surface area contributed by atoms with Crippen molar-refractivity contribution >= 4 is 0 Å². The summed E-state index contributed by atoms with van der Waals surface area (Å²) in [6, 6.07) is 0. The molecule has 15 heavy (non-hydrogen) atoms. The molecule has 2 heteroatoms. The van der Waals surface area contributed by atoms with E-state index in [1.807, 2.05) is 12.2 Å². The lowest BCUT2D eigenvalue weighted by Gasteiger charge is -2.34. The van der Waals surface area contributed by atoms with Gasteiger partial charge in [-0.05, 0) is 18.4 Å². The lowest BCUT2D eigenvalue weighted by atomic mass is 10.1. The van der Waals surface area contributed by atoms with E-state index in [1.54, 1.807) is 0 Å². The molecule has 0 bridgehead atoms. The third-order valence-corrected chi connectivity index (χ3v) is 3.31. The quantitative estimate of drug-likeness (QED) is 0.702. The first-order valence-corrected chi connectivity index (χ1v) is 5.69. The molecule has 2 fully saturated rings. The zero-order chi connectivity index (χ0) is 10.7. The maximum atomic E-state index is 3.84. The highest BCUT2D eigenvalue weighted by Crippen LogP contribution is 2.37. The molecular formula is C13H20N2. The number of nitrogens with one attached hydrogen (secondary N) is 1. The lowest BCUT2D eigenvalue weighted by molar-refractivity contribution is 0.204. The van der Waals surface area contributed by atoms with Gasteiger partial charge in [-0.15, -0.1) is 0 Å². The second-order valence-electron chi connectivity index (χ2n) is 4.60. The molecule has 0 aromatic rings.